The number of aromatic nitrogens is 1. The van der Waals surface area contributed by atoms with Crippen LogP contribution in [0, 0.1) is 0 Å². The highest BCUT2D eigenvalue weighted by molar-refractivity contribution is 6.30. The van der Waals surface area contributed by atoms with Gasteiger partial charge < -0.3 is 9.64 Å². The summed E-state index contributed by atoms with van der Waals surface area (Å²) in [5, 5.41) is 0.741. The maximum atomic E-state index is 6.46. The number of pyridine rings is 1. The van der Waals surface area contributed by atoms with E-state index in [1.165, 1.54) is 0 Å². The molecule has 4 heteroatoms. The van der Waals surface area contributed by atoms with Crippen molar-refractivity contribution in [3.8, 4) is 0 Å². The molecule has 1 aromatic carbocycles. The third-order valence-corrected chi connectivity index (χ3v) is 4.69. The Balaban J connectivity index is 1.77. The van der Waals surface area contributed by atoms with E-state index < -0.39 is 0 Å². The summed E-state index contributed by atoms with van der Waals surface area (Å²) >= 11 is 6.02. The minimum absolute atomic E-state index is 0.133. The maximum absolute atomic E-state index is 6.46. The Bertz CT molecular complexity index is 595. The normalized spacial score (nSPS) is 18.0. The van der Waals surface area contributed by atoms with Crippen LogP contribution in [0.1, 0.15) is 37.1 Å². The first-order chi connectivity index (χ1) is 11.3. The van der Waals surface area contributed by atoms with Gasteiger partial charge in [0.1, 0.15) is 6.10 Å². The number of benzene rings is 1. The van der Waals surface area contributed by atoms with Gasteiger partial charge in [-0.25, -0.2) is 0 Å². The van der Waals surface area contributed by atoms with Gasteiger partial charge in [-0.1, -0.05) is 36.7 Å². The molecule has 0 bridgehead atoms. The highest BCUT2D eigenvalue weighted by Crippen LogP contribution is 2.29. The Morgan fingerprint density at radius 1 is 1.17 bits per heavy atom. The van der Waals surface area contributed by atoms with Crippen LogP contribution in [0.2, 0.25) is 5.02 Å². The lowest BCUT2D eigenvalue weighted by atomic mass is 10.0. The van der Waals surface area contributed by atoms with Gasteiger partial charge in [0, 0.05) is 24.3 Å². The maximum Gasteiger partial charge on any atom is 0.125 e. The van der Waals surface area contributed by atoms with Crippen molar-refractivity contribution in [3.05, 3.63) is 64.9 Å². The van der Waals surface area contributed by atoms with Gasteiger partial charge in [-0.3, -0.25) is 4.98 Å². The molecule has 122 valence electrons. The summed E-state index contributed by atoms with van der Waals surface area (Å²) < 4.78 is 6.46. The van der Waals surface area contributed by atoms with E-state index in [0.29, 0.717) is 0 Å². The van der Waals surface area contributed by atoms with Crippen LogP contribution in [-0.2, 0) is 4.74 Å². The summed E-state index contributed by atoms with van der Waals surface area (Å²) in [6, 6.07) is 13.9. The molecule has 0 amide bonds. The number of ether oxygens (including phenoxy) is 1. The SMILES string of the molecule is CCN1CCC(O[C@@H](c2ccc(Cl)cc2)c2ccccn2)CC1. The molecular formula is C19H23ClN2O. The zero-order valence-electron chi connectivity index (χ0n) is 13.5. The smallest absolute Gasteiger partial charge is 0.125 e. The van der Waals surface area contributed by atoms with E-state index >= 15 is 0 Å². The van der Waals surface area contributed by atoms with Crippen molar-refractivity contribution in [1.82, 2.24) is 9.88 Å². The first kappa shape index (κ1) is 16.4. The summed E-state index contributed by atoms with van der Waals surface area (Å²) in [5.41, 5.74) is 2.05. The summed E-state index contributed by atoms with van der Waals surface area (Å²) in [6.45, 7) is 5.55. The van der Waals surface area contributed by atoms with E-state index in [4.69, 9.17) is 16.3 Å². The fourth-order valence-electron chi connectivity index (χ4n) is 3.04. The van der Waals surface area contributed by atoms with Crippen LogP contribution in [0.15, 0.2) is 48.7 Å². The van der Waals surface area contributed by atoms with Crippen molar-refractivity contribution >= 4 is 11.6 Å². The predicted octanol–water partition coefficient (Wildman–Crippen LogP) is 4.33. The lowest BCUT2D eigenvalue weighted by Crippen LogP contribution is -2.37. The number of nitrogens with zero attached hydrogens (tertiary/aromatic N) is 2. The first-order valence-corrected chi connectivity index (χ1v) is 8.68. The second-order valence-corrected chi connectivity index (χ2v) is 6.39. The highest BCUT2D eigenvalue weighted by atomic mass is 35.5. The minimum atomic E-state index is -0.133. The van der Waals surface area contributed by atoms with Gasteiger partial charge in [-0.2, -0.15) is 0 Å². The van der Waals surface area contributed by atoms with Gasteiger partial charge in [-0.05, 0) is 49.2 Å². The van der Waals surface area contributed by atoms with Crippen LogP contribution < -0.4 is 0 Å². The Kier molecular flexibility index (Phi) is 5.65. The Labute approximate surface area is 143 Å². The van der Waals surface area contributed by atoms with Crippen LogP contribution in [0.4, 0.5) is 0 Å². The summed E-state index contributed by atoms with van der Waals surface area (Å²) in [6.07, 6.45) is 4.11. The minimum Gasteiger partial charge on any atom is -0.364 e. The molecule has 1 aliphatic heterocycles. The summed E-state index contributed by atoms with van der Waals surface area (Å²) in [4.78, 5) is 6.98. The van der Waals surface area contributed by atoms with Crippen LogP contribution in [0.25, 0.3) is 0 Å². The molecule has 1 aromatic heterocycles. The van der Waals surface area contributed by atoms with E-state index in [2.05, 4.69) is 16.8 Å². The molecule has 3 nitrogen and oxygen atoms in total. The number of hydrogen-bond acceptors (Lipinski definition) is 3. The molecule has 0 aliphatic carbocycles. The lowest BCUT2D eigenvalue weighted by molar-refractivity contribution is -0.0277. The van der Waals surface area contributed by atoms with Gasteiger partial charge in [-0.15, -0.1) is 0 Å². The monoisotopic (exact) mass is 330 g/mol. The van der Waals surface area contributed by atoms with Crippen molar-refractivity contribution in [2.75, 3.05) is 19.6 Å². The zero-order chi connectivity index (χ0) is 16.1. The standard InChI is InChI=1S/C19H23ClN2O/c1-2-22-13-10-17(11-14-22)23-19(18-5-3-4-12-21-18)15-6-8-16(20)9-7-15/h3-9,12,17,19H,2,10-11,13-14H2,1H3/t19-/m0/s1. The Hall–Kier alpha value is -1.42. The molecule has 0 N–H and O–H groups in total. The molecule has 2 heterocycles. The van der Waals surface area contributed by atoms with E-state index in [-0.39, 0.29) is 12.2 Å². The van der Waals surface area contributed by atoms with E-state index in [1.807, 2.05) is 48.7 Å². The molecule has 0 radical (unpaired) electrons. The number of likely N-dealkylation sites (tertiary alicyclic amines) is 1. The average Bonchev–Trinajstić information content (AvgIpc) is 2.62. The van der Waals surface area contributed by atoms with Crippen LogP contribution in [-0.4, -0.2) is 35.6 Å². The lowest BCUT2D eigenvalue weighted by Gasteiger charge is -2.33. The molecule has 1 saturated heterocycles. The van der Waals surface area contributed by atoms with Crippen LogP contribution in [0.3, 0.4) is 0 Å². The molecule has 0 saturated carbocycles. The number of rotatable bonds is 5. The van der Waals surface area contributed by atoms with Crippen molar-refractivity contribution in [2.24, 2.45) is 0 Å². The van der Waals surface area contributed by atoms with Gasteiger partial charge >= 0.3 is 0 Å². The zero-order valence-corrected chi connectivity index (χ0v) is 14.2. The van der Waals surface area contributed by atoms with Gasteiger partial charge in [0.15, 0.2) is 0 Å². The van der Waals surface area contributed by atoms with Gasteiger partial charge in [0.25, 0.3) is 0 Å². The highest BCUT2D eigenvalue weighted by Gasteiger charge is 2.24. The molecule has 23 heavy (non-hydrogen) atoms. The first-order valence-electron chi connectivity index (χ1n) is 8.30. The molecule has 3 rings (SSSR count). The molecular weight excluding hydrogens is 308 g/mol. The third-order valence-electron chi connectivity index (χ3n) is 4.44. The van der Waals surface area contributed by atoms with E-state index in [0.717, 1.165) is 48.8 Å². The largest absolute Gasteiger partial charge is 0.364 e. The molecule has 1 aliphatic rings. The van der Waals surface area contributed by atoms with Crippen LogP contribution in [0.5, 0.6) is 0 Å². The number of halogens is 1. The molecule has 1 atom stereocenters. The van der Waals surface area contributed by atoms with Gasteiger partial charge in [0.05, 0.1) is 11.8 Å². The summed E-state index contributed by atoms with van der Waals surface area (Å²) in [5.74, 6) is 0. The number of hydrogen-bond donors (Lipinski definition) is 0. The predicted molar refractivity (Wildman–Crippen MR) is 93.8 cm³/mol. The Morgan fingerprint density at radius 3 is 2.52 bits per heavy atom. The topological polar surface area (TPSA) is 25.4 Å². The molecule has 0 spiro atoms. The van der Waals surface area contributed by atoms with Crippen LogP contribution >= 0.6 is 11.6 Å². The molecule has 2 aromatic rings. The van der Waals surface area contributed by atoms with Crippen molar-refractivity contribution in [2.45, 2.75) is 32.0 Å². The van der Waals surface area contributed by atoms with Gasteiger partial charge in [0.2, 0.25) is 0 Å². The van der Waals surface area contributed by atoms with E-state index in [1.54, 1.807) is 0 Å². The quantitative estimate of drug-likeness (QED) is 0.816. The van der Waals surface area contributed by atoms with Crippen molar-refractivity contribution in [3.63, 3.8) is 0 Å². The molecule has 0 unspecified atom stereocenters. The van der Waals surface area contributed by atoms with Crippen molar-refractivity contribution in [1.29, 1.82) is 0 Å². The summed E-state index contributed by atoms with van der Waals surface area (Å²) in [7, 11) is 0. The Morgan fingerprint density at radius 2 is 1.91 bits per heavy atom. The fourth-order valence-corrected chi connectivity index (χ4v) is 3.17. The second kappa shape index (κ2) is 7.91. The van der Waals surface area contributed by atoms with Crippen molar-refractivity contribution < 1.29 is 4.74 Å². The average molecular weight is 331 g/mol. The second-order valence-electron chi connectivity index (χ2n) is 5.96. The van der Waals surface area contributed by atoms with E-state index in [9.17, 15) is 0 Å². The fraction of sp³-hybridized carbons (Fsp3) is 0.421. The molecule has 1 fully saturated rings. The third kappa shape index (κ3) is 4.31. The number of piperidine rings is 1.